The fraction of sp³-hybridized carbons (Fsp3) is 0.444. The number of β-amino-alcohol motifs (C(OH)–C–C–N with tert-alkyl or cyclic N) is 1. The summed E-state index contributed by atoms with van der Waals surface area (Å²) in [6.07, 6.45) is 2.90. The van der Waals surface area contributed by atoms with E-state index in [0.29, 0.717) is 19.5 Å². The molecule has 1 aromatic heterocycles. The van der Waals surface area contributed by atoms with Gasteiger partial charge in [-0.25, -0.2) is 9.97 Å². The van der Waals surface area contributed by atoms with Crippen LogP contribution in [0.3, 0.4) is 0 Å². The smallest absolute Gasteiger partial charge is 0.274 e. The highest BCUT2D eigenvalue weighted by Gasteiger charge is 2.26. The topological polar surface area (TPSA) is 92.3 Å². The lowest BCUT2D eigenvalue weighted by molar-refractivity contribution is 0.0759. The predicted octanol–water partition coefficient (Wildman–Crippen LogP) is -0.734. The summed E-state index contributed by atoms with van der Waals surface area (Å²) in [6, 6.07) is 0. The average molecular weight is 208 g/mol. The van der Waals surface area contributed by atoms with Crippen molar-refractivity contribution >= 4 is 11.7 Å². The third kappa shape index (κ3) is 2.04. The second-order valence-corrected chi connectivity index (χ2v) is 3.52. The van der Waals surface area contributed by atoms with Crippen LogP contribution in [-0.2, 0) is 0 Å². The van der Waals surface area contributed by atoms with E-state index in [0.717, 1.165) is 0 Å². The van der Waals surface area contributed by atoms with Gasteiger partial charge in [-0.1, -0.05) is 0 Å². The molecule has 1 unspecified atom stereocenters. The summed E-state index contributed by atoms with van der Waals surface area (Å²) in [5, 5.41) is 9.29. The zero-order valence-electron chi connectivity index (χ0n) is 8.13. The van der Waals surface area contributed by atoms with Gasteiger partial charge in [-0.3, -0.25) is 4.79 Å². The molecule has 1 aliphatic heterocycles. The Morgan fingerprint density at radius 3 is 2.87 bits per heavy atom. The van der Waals surface area contributed by atoms with Crippen molar-refractivity contribution in [1.82, 2.24) is 14.9 Å². The van der Waals surface area contributed by atoms with Gasteiger partial charge in [0.1, 0.15) is 11.5 Å². The molecule has 6 heteroatoms. The van der Waals surface area contributed by atoms with E-state index in [-0.39, 0.29) is 17.4 Å². The van der Waals surface area contributed by atoms with Crippen LogP contribution in [0.15, 0.2) is 12.4 Å². The molecule has 1 amide bonds. The summed E-state index contributed by atoms with van der Waals surface area (Å²) in [7, 11) is 0. The second kappa shape index (κ2) is 3.82. The zero-order chi connectivity index (χ0) is 10.8. The molecule has 0 aromatic carbocycles. The number of aliphatic hydroxyl groups is 1. The van der Waals surface area contributed by atoms with E-state index in [4.69, 9.17) is 5.73 Å². The molecule has 3 N–H and O–H groups in total. The third-order valence-corrected chi connectivity index (χ3v) is 2.34. The van der Waals surface area contributed by atoms with Gasteiger partial charge in [0.25, 0.3) is 5.91 Å². The van der Waals surface area contributed by atoms with Gasteiger partial charge < -0.3 is 15.7 Å². The van der Waals surface area contributed by atoms with Crippen molar-refractivity contribution in [2.24, 2.45) is 0 Å². The Bertz CT molecular complexity index is 365. The minimum atomic E-state index is -0.421. The molecule has 0 saturated carbocycles. The first-order valence-electron chi connectivity index (χ1n) is 4.71. The average Bonchev–Trinajstić information content (AvgIpc) is 2.65. The van der Waals surface area contributed by atoms with Crippen LogP contribution in [0, 0.1) is 0 Å². The molecule has 6 nitrogen and oxygen atoms in total. The number of nitrogens with zero attached hydrogens (tertiary/aromatic N) is 3. The van der Waals surface area contributed by atoms with Gasteiger partial charge in [-0.15, -0.1) is 0 Å². The number of aromatic nitrogens is 2. The Hall–Kier alpha value is -1.69. The second-order valence-electron chi connectivity index (χ2n) is 3.52. The number of nitrogens with two attached hydrogens (primary N) is 1. The Balaban J connectivity index is 2.11. The van der Waals surface area contributed by atoms with Crippen LogP contribution < -0.4 is 5.73 Å². The molecule has 1 aromatic rings. The van der Waals surface area contributed by atoms with Crippen molar-refractivity contribution in [3.8, 4) is 0 Å². The molecule has 1 fully saturated rings. The summed E-state index contributed by atoms with van der Waals surface area (Å²) >= 11 is 0. The number of nitrogen functional groups attached to an aromatic ring is 1. The number of hydrogen-bond donors (Lipinski definition) is 2. The van der Waals surface area contributed by atoms with Crippen LogP contribution in [0.1, 0.15) is 16.9 Å². The molecular weight excluding hydrogens is 196 g/mol. The first-order chi connectivity index (χ1) is 7.16. The molecule has 15 heavy (non-hydrogen) atoms. The first-order valence-corrected chi connectivity index (χ1v) is 4.71. The van der Waals surface area contributed by atoms with Crippen molar-refractivity contribution in [2.45, 2.75) is 12.5 Å². The molecule has 0 spiro atoms. The van der Waals surface area contributed by atoms with Crippen molar-refractivity contribution in [1.29, 1.82) is 0 Å². The maximum absolute atomic E-state index is 11.8. The lowest BCUT2D eigenvalue weighted by Gasteiger charge is -2.14. The van der Waals surface area contributed by atoms with E-state index < -0.39 is 6.10 Å². The predicted molar refractivity (Wildman–Crippen MR) is 53.0 cm³/mol. The van der Waals surface area contributed by atoms with Gasteiger partial charge in [-0.2, -0.15) is 0 Å². The van der Waals surface area contributed by atoms with Gasteiger partial charge in [0, 0.05) is 13.1 Å². The van der Waals surface area contributed by atoms with Gasteiger partial charge in [0.2, 0.25) is 0 Å². The van der Waals surface area contributed by atoms with Crippen LogP contribution in [0.25, 0.3) is 0 Å². The van der Waals surface area contributed by atoms with Gasteiger partial charge in [0.15, 0.2) is 0 Å². The SMILES string of the molecule is Nc1cnc(C(=O)N2CCC(O)C2)cn1. The van der Waals surface area contributed by atoms with Crippen molar-refractivity contribution in [3.05, 3.63) is 18.1 Å². The molecule has 80 valence electrons. The standard InChI is InChI=1S/C9H12N4O2/c10-8-4-11-7(3-12-8)9(15)13-2-1-6(14)5-13/h3-4,6,14H,1-2,5H2,(H2,10,12). The number of likely N-dealkylation sites (tertiary alicyclic amines) is 1. The Kier molecular flexibility index (Phi) is 2.51. The van der Waals surface area contributed by atoms with Crippen molar-refractivity contribution in [2.75, 3.05) is 18.8 Å². The molecule has 0 aliphatic carbocycles. The van der Waals surface area contributed by atoms with Crippen LogP contribution in [0.2, 0.25) is 0 Å². The lowest BCUT2D eigenvalue weighted by Crippen LogP contribution is -2.30. The maximum Gasteiger partial charge on any atom is 0.274 e. The van der Waals surface area contributed by atoms with E-state index >= 15 is 0 Å². The molecule has 1 atom stereocenters. The van der Waals surface area contributed by atoms with E-state index in [1.165, 1.54) is 12.4 Å². The Morgan fingerprint density at radius 1 is 1.53 bits per heavy atom. The highest BCUT2D eigenvalue weighted by molar-refractivity contribution is 5.92. The lowest BCUT2D eigenvalue weighted by atomic mass is 10.3. The molecule has 2 heterocycles. The van der Waals surface area contributed by atoms with E-state index in [1.54, 1.807) is 4.90 Å². The third-order valence-electron chi connectivity index (χ3n) is 2.34. The number of anilines is 1. The summed E-state index contributed by atoms with van der Waals surface area (Å²) in [6.45, 7) is 0.928. The van der Waals surface area contributed by atoms with Crippen LogP contribution in [0.4, 0.5) is 5.82 Å². The number of carbonyl (C=O) groups is 1. The number of hydrogen-bond acceptors (Lipinski definition) is 5. The molecular formula is C9H12N4O2. The molecule has 1 saturated heterocycles. The summed E-state index contributed by atoms with van der Waals surface area (Å²) in [5.74, 6) is 0.0760. The highest BCUT2D eigenvalue weighted by atomic mass is 16.3. The summed E-state index contributed by atoms with van der Waals surface area (Å²) in [5.41, 5.74) is 5.63. The van der Waals surface area contributed by atoms with Crippen molar-refractivity contribution in [3.63, 3.8) is 0 Å². The largest absolute Gasteiger partial charge is 0.391 e. The van der Waals surface area contributed by atoms with Crippen LogP contribution in [-0.4, -0.2) is 45.1 Å². The van der Waals surface area contributed by atoms with Gasteiger partial charge in [-0.05, 0) is 6.42 Å². The number of carbonyl (C=O) groups excluding carboxylic acids is 1. The summed E-state index contributed by atoms with van der Waals surface area (Å²) in [4.78, 5) is 21.0. The van der Waals surface area contributed by atoms with Gasteiger partial charge >= 0.3 is 0 Å². The maximum atomic E-state index is 11.8. The minimum absolute atomic E-state index is 0.209. The molecule has 2 rings (SSSR count). The van der Waals surface area contributed by atoms with E-state index in [1.807, 2.05) is 0 Å². The van der Waals surface area contributed by atoms with Crippen LogP contribution >= 0.6 is 0 Å². The fourth-order valence-corrected chi connectivity index (χ4v) is 1.54. The quantitative estimate of drug-likeness (QED) is 0.634. The Labute approximate surface area is 86.7 Å². The first kappa shape index (κ1) is 9.85. The summed E-state index contributed by atoms with van der Waals surface area (Å²) < 4.78 is 0. The number of rotatable bonds is 1. The van der Waals surface area contributed by atoms with E-state index in [9.17, 15) is 9.90 Å². The van der Waals surface area contributed by atoms with Crippen LogP contribution in [0.5, 0.6) is 0 Å². The van der Waals surface area contributed by atoms with Gasteiger partial charge in [0.05, 0.1) is 18.5 Å². The minimum Gasteiger partial charge on any atom is -0.391 e. The zero-order valence-corrected chi connectivity index (χ0v) is 8.13. The number of amides is 1. The van der Waals surface area contributed by atoms with E-state index in [2.05, 4.69) is 9.97 Å². The normalized spacial score (nSPS) is 20.6. The monoisotopic (exact) mass is 208 g/mol. The molecule has 1 aliphatic rings. The fourth-order valence-electron chi connectivity index (χ4n) is 1.54. The molecule has 0 bridgehead atoms. The number of aliphatic hydroxyl groups excluding tert-OH is 1. The Morgan fingerprint density at radius 2 is 2.33 bits per heavy atom. The highest BCUT2D eigenvalue weighted by Crippen LogP contribution is 2.11. The van der Waals surface area contributed by atoms with Crippen molar-refractivity contribution < 1.29 is 9.90 Å². The molecule has 0 radical (unpaired) electrons.